The summed E-state index contributed by atoms with van der Waals surface area (Å²) >= 11 is 0. The Hall–Kier alpha value is -2.90. The summed E-state index contributed by atoms with van der Waals surface area (Å²) in [7, 11) is -3.55. The number of ether oxygens (including phenoxy) is 1. The van der Waals surface area contributed by atoms with Gasteiger partial charge in [-0.15, -0.1) is 0 Å². The summed E-state index contributed by atoms with van der Waals surface area (Å²) in [5, 5.41) is 3.46. The van der Waals surface area contributed by atoms with Crippen LogP contribution in [0, 0.1) is 5.92 Å². The predicted octanol–water partition coefficient (Wildman–Crippen LogP) is 6.53. The van der Waals surface area contributed by atoms with E-state index >= 15 is 0 Å². The fraction of sp³-hybridized carbons (Fsp3) is 0.414. The van der Waals surface area contributed by atoms with Gasteiger partial charge in [-0.05, 0) is 85.2 Å². The second kappa shape index (κ2) is 11.4. The molecular weight excluding hydrogens is 470 g/mol. The molecule has 3 aromatic rings. The Bertz CT molecular complexity index is 1250. The van der Waals surface area contributed by atoms with E-state index in [4.69, 9.17) is 4.74 Å². The summed E-state index contributed by atoms with van der Waals surface area (Å²) in [6, 6.07) is 18.9. The third kappa shape index (κ3) is 6.65. The number of hydrogen-bond donors (Lipinski definition) is 2. The number of nitrogens with one attached hydrogen (secondary N) is 2. The van der Waals surface area contributed by atoms with Gasteiger partial charge >= 0.3 is 0 Å². The summed E-state index contributed by atoms with van der Waals surface area (Å²) in [5.74, 6) is 1.96. The molecule has 0 aliphatic heterocycles. The molecule has 2 aliphatic carbocycles. The van der Waals surface area contributed by atoms with Crippen molar-refractivity contribution >= 4 is 21.4 Å². The molecule has 2 aliphatic rings. The molecule has 1 aromatic heterocycles. The number of hydrogen-bond acceptors (Lipinski definition) is 5. The first-order valence-electron chi connectivity index (χ1n) is 13.1. The molecule has 0 unspecified atom stereocenters. The molecule has 2 N–H and O–H groups in total. The molecule has 5 rings (SSSR count). The smallest absolute Gasteiger partial charge is 0.240 e. The zero-order chi connectivity index (χ0) is 24.8. The van der Waals surface area contributed by atoms with Crippen LogP contribution in [0.5, 0.6) is 5.75 Å². The Morgan fingerprint density at radius 1 is 0.917 bits per heavy atom. The lowest BCUT2D eigenvalue weighted by atomic mass is 9.87. The highest BCUT2D eigenvalue weighted by Crippen LogP contribution is 2.45. The summed E-state index contributed by atoms with van der Waals surface area (Å²) in [5.41, 5.74) is 3.84. The minimum Gasteiger partial charge on any atom is -0.487 e. The van der Waals surface area contributed by atoms with Gasteiger partial charge in [-0.1, -0.05) is 44.2 Å². The van der Waals surface area contributed by atoms with Gasteiger partial charge in [-0.2, -0.15) is 0 Å². The topological polar surface area (TPSA) is 80.3 Å². The predicted molar refractivity (Wildman–Crippen MR) is 143 cm³/mol. The van der Waals surface area contributed by atoms with Crippen LogP contribution in [0.25, 0.3) is 0 Å². The maximum atomic E-state index is 12.9. The van der Waals surface area contributed by atoms with Crippen LogP contribution in [0.2, 0.25) is 0 Å². The average Bonchev–Trinajstić information content (AvgIpc) is 3.75. The van der Waals surface area contributed by atoms with Crippen molar-refractivity contribution in [3.05, 3.63) is 78.1 Å². The average molecular weight is 506 g/mol. The van der Waals surface area contributed by atoms with Gasteiger partial charge in [0.15, 0.2) is 0 Å². The fourth-order valence-corrected chi connectivity index (χ4v) is 6.06. The Balaban J connectivity index is 1.24. The van der Waals surface area contributed by atoms with Crippen molar-refractivity contribution in [2.75, 3.05) is 11.9 Å². The van der Waals surface area contributed by atoms with Gasteiger partial charge in [0.05, 0.1) is 10.6 Å². The van der Waals surface area contributed by atoms with Crippen molar-refractivity contribution in [2.24, 2.45) is 5.92 Å². The Kier molecular flexibility index (Phi) is 7.87. The highest BCUT2D eigenvalue weighted by atomic mass is 32.2. The number of pyridine rings is 1. The number of aromatic nitrogens is 1. The molecule has 0 amide bonds. The van der Waals surface area contributed by atoms with Crippen molar-refractivity contribution in [2.45, 2.75) is 68.8 Å². The van der Waals surface area contributed by atoms with Gasteiger partial charge in [0.2, 0.25) is 10.0 Å². The van der Waals surface area contributed by atoms with E-state index in [2.05, 4.69) is 21.1 Å². The van der Waals surface area contributed by atoms with Crippen LogP contribution < -0.4 is 14.8 Å². The monoisotopic (exact) mass is 505 g/mol. The van der Waals surface area contributed by atoms with E-state index < -0.39 is 10.0 Å². The van der Waals surface area contributed by atoms with Gasteiger partial charge < -0.3 is 10.1 Å². The molecular formula is C29H35N3O3S. The number of rotatable bonds is 11. The van der Waals surface area contributed by atoms with Gasteiger partial charge in [0.25, 0.3) is 0 Å². The molecule has 0 radical (unpaired) electrons. The number of benzene rings is 2. The van der Waals surface area contributed by atoms with E-state index in [1.54, 1.807) is 24.4 Å². The summed E-state index contributed by atoms with van der Waals surface area (Å²) < 4.78 is 34.7. The molecule has 2 fully saturated rings. The molecule has 0 bridgehead atoms. The first kappa shape index (κ1) is 24.8. The van der Waals surface area contributed by atoms with Gasteiger partial charge in [0, 0.05) is 24.1 Å². The summed E-state index contributed by atoms with van der Waals surface area (Å²) in [6.07, 6.45) is 11.3. The van der Waals surface area contributed by atoms with E-state index in [9.17, 15) is 8.42 Å². The van der Waals surface area contributed by atoms with E-state index in [-0.39, 0.29) is 0 Å². The van der Waals surface area contributed by atoms with Crippen molar-refractivity contribution in [3.63, 3.8) is 0 Å². The lowest BCUT2D eigenvalue weighted by Crippen LogP contribution is -2.26. The summed E-state index contributed by atoms with van der Waals surface area (Å²) in [4.78, 5) is 4.61. The van der Waals surface area contributed by atoms with Crippen molar-refractivity contribution in [3.8, 4) is 5.75 Å². The van der Waals surface area contributed by atoms with Crippen molar-refractivity contribution < 1.29 is 13.2 Å². The first-order chi connectivity index (χ1) is 17.6. The Morgan fingerprint density at radius 2 is 1.78 bits per heavy atom. The molecule has 1 heterocycles. The zero-order valence-corrected chi connectivity index (χ0v) is 21.5. The molecule has 7 heteroatoms. The highest BCUT2D eigenvalue weighted by molar-refractivity contribution is 7.89. The largest absolute Gasteiger partial charge is 0.487 e. The number of sulfonamides is 1. The molecule has 0 atom stereocenters. The molecule has 190 valence electrons. The van der Waals surface area contributed by atoms with Crippen LogP contribution in [0.3, 0.4) is 0 Å². The van der Waals surface area contributed by atoms with Gasteiger partial charge in [0.1, 0.15) is 12.4 Å². The molecule has 2 aromatic carbocycles. The van der Waals surface area contributed by atoms with Crippen LogP contribution >= 0.6 is 0 Å². The van der Waals surface area contributed by atoms with E-state index in [1.807, 2.05) is 36.4 Å². The second-order valence-corrected chi connectivity index (χ2v) is 11.7. The SMILES string of the molecule is O=S(=O)(NCCC1CCCCC1)c1cccc(Nc2ccc(OCc3ccccn3)cc2C2CC2)c1. The van der Waals surface area contributed by atoms with Crippen LogP contribution in [-0.4, -0.2) is 19.9 Å². The standard InChI is InChI=1S/C29H35N3O3S/c33-36(34,31-18-16-22-7-2-1-3-8-22)27-11-6-10-24(19-27)32-29-15-14-26(20-28(29)23-12-13-23)35-21-25-9-4-5-17-30-25/h4-6,9-11,14-15,17,19-20,22-23,31-32H,1-3,7-8,12-13,16,18,21H2. The van der Waals surface area contributed by atoms with E-state index in [1.165, 1.54) is 37.7 Å². The third-order valence-corrected chi connectivity index (χ3v) is 8.60. The maximum Gasteiger partial charge on any atom is 0.240 e. The van der Waals surface area contributed by atoms with Crippen LogP contribution in [0.4, 0.5) is 11.4 Å². The fourth-order valence-electron chi connectivity index (χ4n) is 4.97. The van der Waals surface area contributed by atoms with Crippen LogP contribution in [0.15, 0.2) is 71.8 Å². The second-order valence-electron chi connectivity index (χ2n) is 9.98. The first-order valence-corrected chi connectivity index (χ1v) is 14.6. The number of nitrogens with zero attached hydrogens (tertiary/aromatic N) is 1. The molecule has 36 heavy (non-hydrogen) atoms. The molecule has 6 nitrogen and oxygen atoms in total. The van der Waals surface area contributed by atoms with E-state index in [0.29, 0.717) is 29.9 Å². The Morgan fingerprint density at radius 3 is 2.56 bits per heavy atom. The van der Waals surface area contributed by atoms with Gasteiger partial charge in [-0.3, -0.25) is 4.98 Å². The Labute approximate surface area is 214 Å². The zero-order valence-electron chi connectivity index (χ0n) is 20.7. The van der Waals surface area contributed by atoms with E-state index in [0.717, 1.165) is 42.1 Å². The normalized spacial score (nSPS) is 16.6. The summed E-state index contributed by atoms with van der Waals surface area (Å²) in [6.45, 7) is 0.918. The highest BCUT2D eigenvalue weighted by Gasteiger charge is 2.27. The van der Waals surface area contributed by atoms with Crippen LogP contribution in [-0.2, 0) is 16.6 Å². The molecule has 0 saturated heterocycles. The van der Waals surface area contributed by atoms with Crippen LogP contribution in [0.1, 0.15) is 68.5 Å². The van der Waals surface area contributed by atoms with Crippen molar-refractivity contribution in [1.29, 1.82) is 0 Å². The number of anilines is 2. The van der Waals surface area contributed by atoms with Gasteiger partial charge in [-0.25, -0.2) is 13.1 Å². The minimum absolute atomic E-state index is 0.291. The lowest BCUT2D eigenvalue weighted by molar-refractivity contribution is 0.301. The minimum atomic E-state index is -3.55. The van der Waals surface area contributed by atoms with Crippen molar-refractivity contribution in [1.82, 2.24) is 9.71 Å². The third-order valence-electron chi connectivity index (χ3n) is 7.15. The lowest BCUT2D eigenvalue weighted by Gasteiger charge is -2.21. The maximum absolute atomic E-state index is 12.9. The molecule has 0 spiro atoms. The molecule has 2 saturated carbocycles. The quantitative estimate of drug-likeness (QED) is 0.310.